The number of nitrogens with zero attached hydrogens (tertiary/aromatic N) is 2. The Morgan fingerprint density at radius 2 is 2.53 bits per heavy atom. The minimum Gasteiger partial charge on any atom is -0.395 e. The van der Waals surface area contributed by atoms with E-state index < -0.39 is 0 Å². The Morgan fingerprint density at radius 1 is 1.80 bits per heavy atom. The molecule has 15 heavy (non-hydrogen) atoms. The third-order valence-corrected chi connectivity index (χ3v) is 2.74. The van der Waals surface area contributed by atoms with Gasteiger partial charge >= 0.3 is 0 Å². The maximum absolute atomic E-state index is 11.9. The van der Waals surface area contributed by atoms with Crippen LogP contribution in [0.15, 0.2) is 18.9 Å². The summed E-state index contributed by atoms with van der Waals surface area (Å²) in [5.74, 6) is -0.102. The van der Waals surface area contributed by atoms with Crippen molar-refractivity contribution in [2.45, 2.75) is 6.92 Å². The van der Waals surface area contributed by atoms with Crippen LogP contribution in [0.1, 0.15) is 14.7 Å². The number of hydrogen-bond donors (Lipinski definition) is 1. The van der Waals surface area contributed by atoms with Crippen LogP contribution in [0.2, 0.25) is 0 Å². The zero-order valence-electron chi connectivity index (χ0n) is 8.64. The number of aliphatic hydroxyl groups is 1. The van der Waals surface area contributed by atoms with Crippen molar-refractivity contribution in [2.24, 2.45) is 0 Å². The van der Waals surface area contributed by atoms with Crippen LogP contribution in [-0.2, 0) is 0 Å². The lowest BCUT2D eigenvalue weighted by atomic mass is 10.4. The summed E-state index contributed by atoms with van der Waals surface area (Å²) in [6, 6.07) is 0. The van der Waals surface area contributed by atoms with Crippen molar-refractivity contribution in [1.29, 1.82) is 0 Å². The van der Waals surface area contributed by atoms with Gasteiger partial charge in [-0.15, -0.1) is 17.9 Å². The molecule has 0 aliphatic rings. The van der Waals surface area contributed by atoms with E-state index in [2.05, 4.69) is 11.6 Å². The smallest absolute Gasteiger partial charge is 0.265 e. The van der Waals surface area contributed by atoms with Crippen LogP contribution in [0.3, 0.4) is 0 Å². The van der Waals surface area contributed by atoms with Gasteiger partial charge in [-0.2, -0.15) is 0 Å². The molecular formula is C10H14N2O2S. The molecule has 1 aromatic rings. The van der Waals surface area contributed by atoms with Crippen molar-refractivity contribution < 1.29 is 9.90 Å². The van der Waals surface area contributed by atoms with Crippen LogP contribution in [0, 0.1) is 6.92 Å². The Labute approximate surface area is 92.9 Å². The number of rotatable bonds is 5. The lowest BCUT2D eigenvalue weighted by Gasteiger charge is -2.18. The number of aliphatic hydroxyl groups excluding tert-OH is 1. The third-order valence-electron chi connectivity index (χ3n) is 1.84. The van der Waals surface area contributed by atoms with E-state index in [1.54, 1.807) is 17.2 Å². The normalized spacial score (nSPS) is 10.0. The molecule has 1 aromatic heterocycles. The molecule has 0 saturated carbocycles. The van der Waals surface area contributed by atoms with E-state index in [0.29, 0.717) is 18.0 Å². The molecule has 0 saturated heterocycles. The van der Waals surface area contributed by atoms with Crippen LogP contribution >= 0.6 is 11.3 Å². The highest BCUT2D eigenvalue weighted by Crippen LogP contribution is 2.14. The van der Waals surface area contributed by atoms with Crippen molar-refractivity contribution in [1.82, 2.24) is 9.88 Å². The maximum Gasteiger partial charge on any atom is 0.265 e. The van der Waals surface area contributed by atoms with E-state index in [1.807, 2.05) is 6.92 Å². The minimum absolute atomic E-state index is 0.0443. The van der Waals surface area contributed by atoms with E-state index in [0.717, 1.165) is 5.01 Å². The summed E-state index contributed by atoms with van der Waals surface area (Å²) in [5.41, 5.74) is 0. The SMILES string of the molecule is C=CCN(CCO)C(=O)c1cnc(C)s1. The topological polar surface area (TPSA) is 53.4 Å². The fourth-order valence-electron chi connectivity index (χ4n) is 1.17. The van der Waals surface area contributed by atoms with Gasteiger partial charge in [-0.25, -0.2) is 4.98 Å². The van der Waals surface area contributed by atoms with Crippen LogP contribution in [0.25, 0.3) is 0 Å². The molecule has 0 radical (unpaired) electrons. The average molecular weight is 226 g/mol. The van der Waals surface area contributed by atoms with Crippen LogP contribution in [0.5, 0.6) is 0 Å². The summed E-state index contributed by atoms with van der Waals surface area (Å²) >= 11 is 1.36. The molecule has 0 aromatic carbocycles. The molecular weight excluding hydrogens is 212 g/mol. The zero-order chi connectivity index (χ0) is 11.3. The maximum atomic E-state index is 11.9. The second-order valence-corrected chi connectivity index (χ2v) is 4.24. The van der Waals surface area contributed by atoms with E-state index in [4.69, 9.17) is 5.11 Å². The first kappa shape index (κ1) is 11.9. The predicted molar refractivity (Wildman–Crippen MR) is 60.0 cm³/mol. The van der Waals surface area contributed by atoms with Crippen molar-refractivity contribution in [3.8, 4) is 0 Å². The van der Waals surface area contributed by atoms with Gasteiger partial charge in [-0.3, -0.25) is 4.79 Å². The van der Waals surface area contributed by atoms with Gasteiger partial charge in [-0.1, -0.05) is 6.08 Å². The first-order valence-corrected chi connectivity index (χ1v) is 5.44. The summed E-state index contributed by atoms with van der Waals surface area (Å²) in [6.45, 7) is 6.15. The second kappa shape index (κ2) is 5.63. The molecule has 1 rings (SSSR count). The van der Waals surface area contributed by atoms with E-state index in [1.165, 1.54) is 11.3 Å². The molecule has 0 fully saturated rings. The van der Waals surface area contributed by atoms with Crippen LogP contribution in [-0.4, -0.2) is 40.6 Å². The molecule has 0 bridgehead atoms. The lowest BCUT2D eigenvalue weighted by Crippen LogP contribution is -2.33. The van der Waals surface area contributed by atoms with Gasteiger partial charge in [-0.05, 0) is 6.92 Å². The average Bonchev–Trinajstić information content (AvgIpc) is 2.63. The Bertz CT molecular complexity index is 349. The molecule has 0 aliphatic carbocycles. The fourth-order valence-corrected chi connectivity index (χ4v) is 1.91. The van der Waals surface area contributed by atoms with Gasteiger partial charge < -0.3 is 10.0 Å². The molecule has 1 N–H and O–H groups in total. The summed E-state index contributed by atoms with van der Waals surface area (Å²) in [4.78, 5) is 18.0. The summed E-state index contributed by atoms with van der Waals surface area (Å²) in [7, 11) is 0. The van der Waals surface area contributed by atoms with Crippen LogP contribution in [0.4, 0.5) is 0 Å². The highest BCUT2D eigenvalue weighted by Gasteiger charge is 2.15. The highest BCUT2D eigenvalue weighted by atomic mass is 32.1. The highest BCUT2D eigenvalue weighted by molar-refractivity contribution is 7.13. The predicted octanol–water partition coefficient (Wildman–Crippen LogP) is 1.07. The number of amides is 1. The lowest BCUT2D eigenvalue weighted by molar-refractivity contribution is 0.0747. The Morgan fingerprint density at radius 3 is 3.00 bits per heavy atom. The van der Waals surface area contributed by atoms with E-state index in [-0.39, 0.29) is 12.5 Å². The van der Waals surface area contributed by atoms with Gasteiger partial charge in [0.05, 0.1) is 17.8 Å². The number of aryl methyl sites for hydroxylation is 1. The molecule has 0 spiro atoms. The molecule has 0 atom stereocenters. The van der Waals surface area contributed by atoms with E-state index in [9.17, 15) is 4.79 Å². The Balaban J connectivity index is 2.75. The van der Waals surface area contributed by atoms with Gasteiger partial charge in [0, 0.05) is 13.1 Å². The minimum atomic E-state index is -0.102. The number of thiazole rings is 1. The Kier molecular flexibility index (Phi) is 4.45. The van der Waals surface area contributed by atoms with Crippen molar-refractivity contribution >= 4 is 17.2 Å². The van der Waals surface area contributed by atoms with Gasteiger partial charge in [0.15, 0.2) is 0 Å². The molecule has 0 unspecified atom stereocenters. The monoisotopic (exact) mass is 226 g/mol. The van der Waals surface area contributed by atoms with Gasteiger partial charge in [0.25, 0.3) is 5.91 Å². The second-order valence-electron chi connectivity index (χ2n) is 3.01. The molecule has 82 valence electrons. The molecule has 0 aliphatic heterocycles. The largest absolute Gasteiger partial charge is 0.395 e. The Hall–Kier alpha value is -1.20. The summed E-state index contributed by atoms with van der Waals surface area (Å²) in [5, 5.41) is 9.69. The number of carbonyl (C=O) groups is 1. The number of hydrogen-bond acceptors (Lipinski definition) is 4. The molecule has 4 nitrogen and oxygen atoms in total. The summed E-state index contributed by atoms with van der Waals surface area (Å²) in [6.07, 6.45) is 3.21. The first-order chi connectivity index (χ1) is 7.19. The van der Waals surface area contributed by atoms with Crippen molar-refractivity contribution in [3.05, 3.63) is 28.7 Å². The molecule has 5 heteroatoms. The third kappa shape index (κ3) is 3.14. The fraction of sp³-hybridized carbons (Fsp3) is 0.400. The zero-order valence-corrected chi connectivity index (χ0v) is 9.46. The van der Waals surface area contributed by atoms with Gasteiger partial charge in [0.2, 0.25) is 0 Å². The molecule has 1 heterocycles. The van der Waals surface area contributed by atoms with E-state index >= 15 is 0 Å². The number of aromatic nitrogens is 1. The standard InChI is InChI=1S/C10H14N2O2S/c1-3-4-12(5-6-13)10(14)9-7-11-8(2)15-9/h3,7,13H,1,4-6H2,2H3. The quantitative estimate of drug-likeness (QED) is 0.764. The first-order valence-electron chi connectivity index (χ1n) is 4.62. The van der Waals surface area contributed by atoms with Gasteiger partial charge in [0.1, 0.15) is 4.88 Å². The van der Waals surface area contributed by atoms with Crippen molar-refractivity contribution in [3.63, 3.8) is 0 Å². The van der Waals surface area contributed by atoms with Crippen LogP contribution < -0.4 is 0 Å². The number of carbonyl (C=O) groups excluding carboxylic acids is 1. The summed E-state index contributed by atoms with van der Waals surface area (Å²) < 4.78 is 0. The van der Waals surface area contributed by atoms with Crippen molar-refractivity contribution in [2.75, 3.05) is 19.7 Å². The molecule has 1 amide bonds.